The van der Waals surface area contributed by atoms with Gasteiger partial charge in [0.05, 0.1) is 25.4 Å². The SMILES string of the molecule is COC(=O)[C@H](C)N(C)Cc1ccc2c(c1Nc1ncnc3cc(OC)c(O)cc13)OCO2. The summed E-state index contributed by atoms with van der Waals surface area (Å²) >= 11 is 0. The molecule has 10 nitrogen and oxygen atoms in total. The highest BCUT2D eigenvalue weighted by atomic mass is 16.7. The number of phenolic OH excluding ortho intramolecular Hbond substituents is 1. The Labute approximate surface area is 184 Å². The molecule has 0 bridgehead atoms. The van der Waals surface area contributed by atoms with Gasteiger partial charge in [0, 0.05) is 18.0 Å². The zero-order valence-corrected chi connectivity index (χ0v) is 18.2. The summed E-state index contributed by atoms with van der Waals surface area (Å²) in [6.45, 7) is 2.31. The number of benzene rings is 2. The molecule has 4 rings (SSSR count). The molecule has 1 aromatic heterocycles. The van der Waals surface area contributed by atoms with E-state index in [9.17, 15) is 9.90 Å². The van der Waals surface area contributed by atoms with Crippen molar-refractivity contribution < 1.29 is 28.8 Å². The summed E-state index contributed by atoms with van der Waals surface area (Å²) in [5, 5.41) is 14.2. The van der Waals surface area contributed by atoms with Gasteiger partial charge in [-0.2, -0.15) is 0 Å². The minimum atomic E-state index is -0.442. The zero-order chi connectivity index (χ0) is 22.8. The van der Waals surface area contributed by atoms with E-state index in [0.717, 1.165) is 5.56 Å². The van der Waals surface area contributed by atoms with Crippen LogP contribution in [0.15, 0.2) is 30.6 Å². The van der Waals surface area contributed by atoms with Gasteiger partial charge in [0.25, 0.3) is 0 Å². The first-order chi connectivity index (χ1) is 15.4. The molecule has 1 atom stereocenters. The minimum absolute atomic E-state index is 0.0254. The predicted molar refractivity (Wildman–Crippen MR) is 117 cm³/mol. The number of carbonyl (C=O) groups excluding carboxylic acids is 1. The van der Waals surface area contributed by atoms with E-state index in [0.29, 0.717) is 46.2 Å². The molecular weight excluding hydrogens is 416 g/mol. The third-order valence-corrected chi connectivity index (χ3v) is 5.43. The smallest absolute Gasteiger partial charge is 0.322 e. The first-order valence-corrected chi connectivity index (χ1v) is 9.91. The Hall–Kier alpha value is -3.79. The van der Waals surface area contributed by atoms with Gasteiger partial charge in [0.15, 0.2) is 23.0 Å². The van der Waals surface area contributed by atoms with Crippen molar-refractivity contribution in [2.75, 3.05) is 33.4 Å². The van der Waals surface area contributed by atoms with E-state index in [-0.39, 0.29) is 18.5 Å². The molecular formula is C22H24N4O6. The summed E-state index contributed by atoms with van der Waals surface area (Å²) in [5.74, 6) is 1.59. The van der Waals surface area contributed by atoms with Crippen LogP contribution >= 0.6 is 0 Å². The lowest BCUT2D eigenvalue weighted by atomic mass is 10.1. The number of rotatable bonds is 7. The zero-order valence-electron chi connectivity index (χ0n) is 18.2. The van der Waals surface area contributed by atoms with Crippen LogP contribution in [0.25, 0.3) is 10.9 Å². The van der Waals surface area contributed by atoms with Gasteiger partial charge in [0.1, 0.15) is 18.2 Å². The lowest BCUT2D eigenvalue weighted by Gasteiger charge is -2.24. The number of phenols is 1. The molecule has 3 aromatic rings. The maximum Gasteiger partial charge on any atom is 0.322 e. The third kappa shape index (κ3) is 3.92. The van der Waals surface area contributed by atoms with Gasteiger partial charge < -0.3 is 29.4 Å². The molecule has 32 heavy (non-hydrogen) atoms. The number of esters is 1. The van der Waals surface area contributed by atoms with E-state index in [1.165, 1.54) is 20.5 Å². The topological polar surface area (TPSA) is 115 Å². The number of likely N-dealkylation sites (N-methyl/N-ethyl adjacent to an activating group) is 1. The predicted octanol–water partition coefficient (Wildman–Crippen LogP) is 2.81. The van der Waals surface area contributed by atoms with E-state index >= 15 is 0 Å². The van der Waals surface area contributed by atoms with Gasteiger partial charge in [-0.3, -0.25) is 9.69 Å². The summed E-state index contributed by atoms with van der Waals surface area (Å²) in [5.41, 5.74) is 2.11. The maximum absolute atomic E-state index is 12.0. The quantitative estimate of drug-likeness (QED) is 0.531. The number of anilines is 2. The number of hydrogen-bond acceptors (Lipinski definition) is 10. The van der Waals surface area contributed by atoms with Crippen LogP contribution in [-0.4, -0.2) is 60.0 Å². The van der Waals surface area contributed by atoms with Gasteiger partial charge in [-0.15, -0.1) is 0 Å². The summed E-state index contributed by atoms with van der Waals surface area (Å²) in [7, 11) is 4.68. The number of methoxy groups -OCH3 is 2. The van der Waals surface area contributed by atoms with Crippen molar-refractivity contribution in [2.45, 2.75) is 19.5 Å². The van der Waals surface area contributed by atoms with Crippen LogP contribution < -0.4 is 19.5 Å². The average Bonchev–Trinajstić information content (AvgIpc) is 3.28. The number of ether oxygens (including phenoxy) is 4. The minimum Gasteiger partial charge on any atom is -0.504 e. The third-order valence-electron chi connectivity index (χ3n) is 5.43. The Morgan fingerprint density at radius 3 is 2.84 bits per heavy atom. The van der Waals surface area contributed by atoms with Crippen LogP contribution in [0.2, 0.25) is 0 Å². The standard InChI is InChI=1S/C22H24N4O6/c1-12(22(28)30-4)26(2)9-13-5-6-17-20(32-11-31-17)19(13)25-21-14-7-16(27)18(29-3)8-15(14)23-10-24-21/h5-8,10,12,27H,9,11H2,1-4H3,(H,23,24,25)/t12-/m0/s1. The number of aromatic nitrogens is 2. The van der Waals surface area contributed by atoms with Gasteiger partial charge in [-0.1, -0.05) is 6.07 Å². The summed E-state index contributed by atoms with van der Waals surface area (Å²) < 4.78 is 21.3. The van der Waals surface area contributed by atoms with Crippen molar-refractivity contribution in [1.29, 1.82) is 0 Å². The Kier molecular flexibility index (Phi) is 5.87. The molecule has 0 radical (unpaired) electrons. The van der Waals surface area contributed by atoms with Crippen molar-refractivity contribution in [3.63, 3.8) is 0 Å². The van der Waals surface area contributed by atoms with Crippen LogP contribution in [0, 0.1) is 0 Å². The molecule has 0 amide bonds. The molecule has 0 aliphatic carbocycles. The van der Waals surface area contributed by atoms with E-state index < -0.39 is 6.04 Å². The molecule has 0 unspecified atom stereocenters. The molecule has 2 N–H and O–H groups in total. The Morgan fingerprint density at radius 2 is 2.09 bits per heavy atom. The Balaban J connectivity index is 1.75. The van der Waals surface area contributed by atoms with E-state index in [4.69, 9.17) is 18.9 Å². The number of carbonyl (C=O) groups is 1. The molecule has 1 aliphatic rings. The first kappa shape index (κ1) is 21.4. The molecule has 168 valence electrons. The lowest BCUT2D eigenvalue weighted by Crippen LogP contribution is -2.36. The van der Waals surface area contributed by atoms with Crippen LogP contribution in [0.4, 0.5) is 11.5 Å². The van der Waals surface area contributed by atoms with Crippen molar-refractivity contribution in [3.05, 3.63) is 36.2 Å². The van der Waals surface area contributed by atoms with Gasteiger partial charge in [-0.05, 0) is 31.7 Å². The maximum atomic E-state index is 12.0. The number of fused-ring (bicyclic) bond motifs is 2. The molecule has 0 fully saturated rings. The number of nitrogens with zero attached hydrogens (tertiary/aromatic N) is 3. The fourth-order valence-corrected chi connectivity index (χ4v) is 3.49. The summed E-state index contributed by atoms with van der Waals surface area (Å²) in [6, 6.07) is 6.47. The first-order valence-electron chi connectivity index (χ1n) is 9.91. The van der Waals surface area contributed by atoms with Gasteiger partial charge in [0.2, 0.25) is 6.79 Å². The summed E-state index contributed by atoms with van der Waals surface area (Å²) in [4.78, 5) is 22.5. The normalized spacial score (nSPS) is 13.3. The number of aromatic hydroxyl groups is 1. The van der Waals surface area contributed by atoms with Crippen molar-refractivity contribution in [3.8, 4) is 23.0 Å². The van der Waals surface area contributed by atoms with Gasteiger partial charge >= 0.3 is 5.97 Å². The second-order valence-corrected chi connectivity index (χ2v) is 7.34. The lowest BCUT2D eigenvalue weighted by molar-refractivity contribution is -0.145. The Morgan fingerprint density at radius 1 is 1.28 bits per heavy atom. The molecule has 10 heteroatoms. The largest absolute Gasteiger partial charge is 0.504 e. The number of hydrogen-bond donors (Lipinski definition) is 2. The molecule has 0 spiro atoms. The van der Waals surface area contributed by atoms with Crippen molar-refractivity contribution in [1.82, 2.24) is 14.9 Å². The average molecular weight is 440 g/mol. The molecule has 2 heterocycles. The van der Waals surface area contributed by atoms with E-state index in [2.05, 4.69) is 15.3 Å². The summed E-state index contributed by atoms with van der Waals surface area (Å²) in [6.07, 6.45) is 1.42. The Bertz CT molecular complexity index is 1170. The highest BCUT2D eigenvalue weighted by Crippen LogP contribution is 2.44. The van der Waals surface area contributed by atoms with Crippen LogP contribution in [0.1, 0.15) is 12.5 Å². The number of nitrogens with one attached hydrogen (secondary N) is 1. The monoisotopic (exact) mass is 440 g/mol. The highest BCUT2D eigenvalue weighted by molar-refractivity contribution is 5.94. The fourth-order valence-electron chi connectivity index (χ4n) is 3.49. The highest BCUT2D eigenvalue weighted by Gasteiger charge is 2.25. The van der Waals surface area contributed by atoms with Crippen LogP contribution in [0.5, 0.6) is 23.0 Å². The van der Waals surface area contributed by atoms with Crippen LogP contribution in [0.3, 0.4) is 0 Å². The fraction of sp³-hybridized carbons (Fsp3) is 0.318. The molecule has 1 aliphatic heterocycles. The molecule has 0 saturated carbocycles. The molecule has 0 saturated heterocycles. The van der Waals surface area contributed by atoms with Crippen LogP contribution in [-0.2, 0) is 16.1 Å². The molecule has 2 aromatic carbocycles. The van der Waals surface area contributed by atoms with E-state index in [1.54, 1.807) is 19.1 Å². The van der Waals surface area contributed by atoms with E-state index in [1.807, 2.05) is 24.1 Å². The van der Waals surface area contributed by atoms with Crippen molar-refractivity contribution in [2.24, 2.45) is 0 Å². The van der Waals surface area contributed by atoms with Gasteiger partial charge in [-0.25, -0.2) is 9.97 Å². The second-order valence-electron chi connectivity index (χ2n) is 7.34. The second kappa shape index (κ2) is 8.75. The van der Waals surface area contributed by atoms with Crippen molar-refractivity contribution >= 4 is 28.4 Å².